The molecule has 10 heteroatoms. The maximum absolute atomic E-state index is 13.2. The van der Waals surface area contributed by atoms with Crippen LogP contribution in [0.1, 0.15) is 16.7 Å². The van der Waals surface area contributed by atoms with Crippen LogP contribution in [0.15, 0.2) is 69.1 Å². The largest absolute Gasteiger partial charge is 0.493 e. The number of urea groups is 1. The Morgan fingerprint density at radius 1 is 1.03 bits per heavy atom. The Hall–Kier alpha value is -3.14. The first kappa shape index (κ1) is 25.9. The van der Waals surface area contributed by atoms with Crippen molar-refractivity contribution in [1.29, 1.82) is 0 Å². The summed E-state index contributed by atoms with van der Waals surface area (Å²) in [6.07, 6.45) is 1.36. The fourth-order valence-electron chi connectivity index (χ4n) is 3.53. The molecule has 0 aliphatic carbocycles. The van der Waals surface area contributed by atoms with Gasteiger partial charge in [0.2, 0.25) is 0 Å². The minimum Gasteiger partial charge on any atom is -0.493 e. The number of nitrogens with zero attached hydrogens (tertiary/aromatic N) is 1. The Balaban J connectivity index is 1.64. The van der Waals surface area contributed by atoms with E-state index in [0.29, 0.717) is 22.7 Å². The van der Waals surface area contributed by atoms with E-state index in [0.717, 1.165) is 25.0 Å². The summed E-state index contributed by atoms with van der Waals surface area (Å²) in [6.45, 7) is 2.09. The molecule has 3 aromatic carbocycles. The number of amides is 4. The highest BCUT2D eigenvalue weighted by Crippen LogP contribution is 2.38. The number of methoxy groups -OCH3 is 1. The molecule has 0 aromatic heterocycles. The number of carbonyl (C=O) groups excluding carboxylic acids is 3. The molecule has 1 heterocycles. The van der Waals surface area contributed by atoms with Crippen LogP contribution in [0.4, 0.5) is 10.5 Å². The standard InChI is InChI=1S/C26H19Br2ClN2O5/c1-14-9-18(7-8-20(14)28)31-25(33)19(24(32)30-26(31)34)10-16-11-21(29)23(22(12-16)35-2)36-13-15-3-5-17(27)6-4-15/h3-12H,13H2,1-2H3,(H,30,32,34)/b19-10+. The second kappa shape index (κ2) is 10.9. The number of imide groups is 2. The van der Waals surface area contributed by atoms with Gasteiger partial charge in [0.15, 0.2) is 11.5 Å². The molecule has 1 N–H and O–H groups in total. The number of aryl methyl sites for hydroxylation is 1. The highest BCUT2D eigenvalue weighted by molar-refractivity contribution is 9.10. The van der Waals surface area contributed by atoms with Gasteiger partial charge in [-0.3, -0.25) is 14.9 Å². The van der Waals surface area contributed by atoms with Crippen LogP contribution in [0.3, 0.4) is 0 Å². The van der Waals surface area contributed by atoms with Crippen molar-refractivity contribution in [2.45, 2.75) is 13.5 Å². The van der Waals surface area contributed by atoms with Gasteiger partial charge in [0, 0.05) is 8.95 Å². The summed E-state index contributed by atoms with van der Waals surface area (Å²) in [5.41, 5.74) is 2.29. The molecule has 0 unspecified atom stereocenters. The minimum atomic E-state index is -0.823. The molecular weight excluding hydrogens is 616 g/mol. The van der Waals surface area contributed by atoms with E-state index in [-0.39, 0.29) is 17.2 Å². The molecule has 0 atom stereocenters. The Kier molecular flexibility index (Phi) is 7.82. The molecule has 4 amide bonds. The summed E-state index contributed by atoms with van der Waals surface area (Å²) in [7, 11) is 1.46. The molecule has 7 nitrogen and oxygen atoms in total. The number of anilines is 1. The SMILES string of the molecule is COc1cc(/C=C2\C(=O)NC(=O)N(c3ccc(Br)c(C)c3)C2=O)cc(Cl)c1OCc1ccc(Br)cc1. The van der Waals surface area contributed by atoms with E-state index in [2.05, 4.69) is 37.2 Å². The number of halogens is 3. The van der Waals surface area contributed by atoms with E-state index >= 15 is 0 Å². The quantitative estimate of drug-likeness (QED) is 0.250. The summed E-state index contributed by atoms with van der Waals surface area (Å²) >= 11 is 13.3. The summed E-state index contributed by atoms with van der Waals surface area (Å²) < 4.78 is 13.1. The van der Waals surface area contributed by atoms with E-state index < -0.39 is 17.8 Å². The molecular formula is C26H19Br2ClN2O5. The van der Waals surface area contributed by atoms with Crippen LogP contribution in [0, 0.1) is 6.92 Å². The average molecular weight is 635 g/mol. The van der Waals surface area contributed by atoms with Crippen LogP contribution in [-0.2, 0) is 16.2 Å². The highest BCUT2D eigenvalue weighted by atomic mass is 79.9. The minimum absolute atomic E-state index is 0.225. The van der Waals surface area contributed by atoms with Crippen molar-refractivity contribution in [3.05, 3.63) is 90.8 Å². The summed E-state index contributed by atoms with van der Waals surface area (Å²) in [5, 5.41) is 2.45. The summed E-state index contributed by atoms with van der Waals surface area (Å²) in [6, 6.07) is 15.0. The molecule has 1 aliphatic heterocycles. The Morgan fingerprint density at radius 3 is 2.42 bits per heavy atom. The third kappa shape index (κ3) is 5.48. The number of hydrogen-bond acceptors (Lipinski definition) is 5. The lowest BCUT2D eigenvalue weighted by atomic mass is 10.1. The molecule has 36 heavy (non-hydrogen) atoms. The lowest BCUT2D eigenvalue weighted by molar-refractivity contribution is -0.122. The van der Waals surface area contributed by atoms with Crippen LogP contribution in [0.5, 0.6) is 11.5 Å². The van der Waals surface area contributed by atoms with Crippen LogP contribution in [0.25, 0.3) is 6.08 Å². The first-order valence-corrected chi connectivity index (χ1v) is 12.6. The Bertz CT molecular complexity index is 1410. The van der Waals surface area contributed by atoms with Crippen molar-refractivity contribution in [3.63, 3.8) is 0 Å². The van der Waals surface area contributed by atoms with E-state index in [1.54, 1.807) is 30.3 Å². The molecule has 0 radical (unpaired) electrons. The summed E-state index contributed by atoms with van der Waals surface area (Å²) in [5.74, 6) is -0.908. The Labute approximate surface area is 229 Å². The zero-order chi connectivity index (χ0) is 26.0. The van der Waals surface area contributed by atoms with E-state index in [1.165, 1.54) is 13.2 Å². The molecule has 1 saturated heterocycles. The van der Waals surface area contributed by atoms with Gasteiger partial charge >= 0.3 is 6.03 Å². The van der Waals surface area contributed by atoms with Crippen molar-refractivity contribution in [2.75, 3.05) is 12.0 Å². The number of ether oxygens (including phenoxy) is 2. The maximum atomic E-state index is 13.2. The van der Waals surface area contributed by atoms with Crippen molar-refractivity contribution < 1.29 is 23.9 Å². The third-order valence-corrected chi connectivity index (χ3v) is 7.06. The molecule has 0 bridgehead atoms. The van der Waals surface area contributed by atoms with Gasteiger partial charge in [-0.25, -0.2) is 9.69 Å². The highest BCUT2D eigenvalue weighted by Gasteiger charge is 2.37. The topological polar surface area (TPSA) is 84.9 Å². The van der Waals surface area contributed by atoms with Gasteiger partial charge in [0.05, 0.1) is 17.8 Å². The zero-order valence-electron chi connectivity index (χ0n) is 19.1. The van der Waals surface area contributed by atoms with Crippen LogP contribution < -0.4 is 19.7 Å². The van der Waals surface area contributed by atoms with Crippen LogP contribution >= 0.6 is 43.5 Å². The van der Waals surface area contributed by atoms with Crippen molar-refractivity contribution in [2.24, 2.45) is 0 Å². The van der Waals surface area contributed by atoms with Crippen molar-refractivity contribution in [1.82, 2.24) is 5.32 Å². The van der Waals surface area contributed by atoms with Gasteiger partial charge in [-0.2, -0.15) is 0 Å². The zero-order valence-corrected chi connectivity index (χ0v) is 23.0. The lowest BCUT2D eigenvalue weighted by Gasteiger charge is -2.26. The number of nitrogens with one attached hydrogen (secondary N) is 1. The number of benzene rings is 3. The normalized spacial score (nSPS) is 14.8. The smallest absolute Gasteiger partial charge is 0.335 e. The first-order chi connectivity index (χ1) is 17.2. The van der Waals surface area contributed by atoms with Gasteiger partial charge in [-0.05, 0) is 72.2 Å². The average Bonchev–Trinajstić information content (AvgIpc) is 2.84. The van der Waals surface area contributed by atoms with Crippen LogP contribution in [-0.4, -0.2) is 25.0 Å². The molecule has 0 spiro atoms. The monoisotopic (exact) mass is 632 g/mol. The summed E-state index contributed by atoms with van der Waals surface area (Å²) in [4.78, 5) is 39.2. The fraction of sp³-hybridized carbons (Fsp3) is 0.115. The predicted octanol–water partition coefficient (Wildman–Crippen LogP) is 6.43. The Morgan fingerprint density at radius 2 is 1.75 bits per heavy atom. The molecule has 4 rings (SSSR count). The number of rotatable bonds is 6. The lowest BCUT2D eigenvalue weighted by Crippen LogP contribution is -2.54. The molecule has 184 valence electrons. The number of barbiturate groups is 1. The van der Waals surface area contributed by atoms with Gasteiger partial charge in [0.25, 0.3) is 11.8 Å². The first-order valence-electron chi connectivity index (χ1n) is 10.6. The van der Waals surface area contributed by atoms with Gasteiger partial charge in [-0.1, -0.05) is 55.6 Å². The van der Waals surface area contributed by atoms with Crippen molar-refractivity contribution >= 4 is 73.1 Å². The maximum Gasteiger partial charge on any atom is 0.335 e. The van der Waals surface area contributed by atoms with E-state index in [4.69, 9.17) is 21.1 Å². The molecule has 1 fully saturated rings. The third-order valence-electron chi connectivity index (χ3n) is 5.36. The van der Waals surface area contributed by atoms with Crippen LogP contribution in [0.2, 0.25) is 5.02 Å². The molecule has 0 saturated carbocycles. The van der Waals surface area contributed by atoms with Crippen molar-refractivity contribution in [3.8, 4) is 11.5 Å². The predicted molar refractivity (Wildman–Crippen MR) is 144 cm³/mol. The van der Waals surface area contributed by atoms with E-state index in [9.17, 15) is 14.4 Å². The number of hydrogen-bond donors (Lipinski definition) is 1. The van der Waals surface area contributed by atoms with E-state index in [1.807, 2.05) is 31.2 Å². The molecule has 3 aromatic rings. The van der Waals surface area contributed by atoms with Gasteiger partial charge in [-0.15, -0.1) is 0 Å². The van der Waals surface area contributed by atoms with Gasteiger partial charge < -0.3 is 9.47 Å². The second-order valence-electron chi connectivity index (χ2n) is 7.84. The molecule has 1 aliphatic rings. The fourth-order valence-corrected chi connectivity index (χ4v) is 4.31. The van der Waals surface area contributed by atoms with Gasteiger partial charge in [0.1, 0.15) is 12.2 Å². The number of carbonyl (C=O) groups is 3. The second-order valence-corrected chi connectivity index (χ2v) is 10.0.